The van der Waals surface area contributed by atoms with Crippen molar-refractivity contribution in [2.75, 3.05) is 39.5 Å². The highest BCUT2D eigenvalue weighted by Crippen LogP contribution is 2.28. The highest BCUT2D eigenvalue weighted by atomic mass is 16.5. The maximum atomic E-state index is 12.6. The van der Waals surface area contributed by atoms with Gasteiger partial charge in [-0.25, -0.2) is 0 Å². The summed E-state index contributed by atoms with van der Waals surface area (Å²) in [5.74, 6) is 0.0420. The van der Waals surface area contributed by atoms with Gasteiger partial charge in [-0.05, 0) is 30.5 Å². The quantitative estimate of drug-likeness (QED) is 0.855. The van der Waals surface area contributed by atoms with Crippen LogP contribution in [0.3, 0.4) is 0 Å². The van der Waals surface area contributed by atoms with Gasteiger partial charge in [0, 0.05) is 37.8 Å². The Hall–Kier alpha value is -1.43. The number of carbonyl (C=O) groups is 1. The van der Waals surface area contributed by atoms with Gasteiger partial charge in [0.15, 0.2) is 0 Å². The molecular weight excluding hydrogens is 280 g/mol. The fourth-order valence-corrected chi connectivity index (χ4v) is 2.93. The van der Waals surface area contributed by atoms with Crippen LogP contribution in [0.5, 0.6) is 0 Å². The molecule has 0 aromatic heterocycles. The molecule has 0 atom stereocenters. The van der Waals surface area contributed by atoms with Crippen molar-refractivity contribution in [2.24, 2.45) is 0 Å². The molecule has 120 valence electrons. The lowest BCUT2D eigenvalue weighted by Gasteiger charge is -2.27. The summed E-state index contributed by atoms with van der Waals surface area (Å²) in [6, 6.07) is 8.21. The summed E-state index contributed by atoms with van der Waals surface area (Å²) in [4.78, 5) is 16.8. The fraction of sp³-hybridized carbons (Fsp3) is 0.588. The second-order valence-corrected chi connectivity index (χ2v) is 6.04. The molecule has 1 N–H and O–H groups in total. The summed E-state index contributed by atoms with van der Waals surface area (Å²) in [5, 5.41) is 9.17. The van der Waals surface area contributed by atoms with E-state index in [1.54, 1.807) is 0 Å². The van der Waals surface area contributed by atoms with Gasteiger partial charge in [-0.15, -0.1) is 0 Å². The minimum Gasteiger partial charge on any atom is -0.395 e. The molecule has 2 fully saturated rings. The second-order valence-electron chi connectivity index (χ2n) is 6.04. The third-order valence-electron chi connectivity index (χ3n) is 4.27. The van der Waals surface area contributed by atoms with Crippen molar-refractivity contribution in [3.05, 3.63) is 35.4 Å². The molecule has 5 heteroatoms. The molecule has 1 aromatic carbocycles. The minimum absolute atomic E-state index is 0.0235. The zero-order valence-corrected chi connectivity index (χ0v) is 12.9. The lowest BCUT2D eigenvalue weighted by atomic mass is 10.1. The summed E-state index contributed by atoms with van der Waals surface area (Å²) in [5.41, 5.74) is 1.89. The van der Waals surface area contributed by atoms with Crippen LogP contribution in [0.4, 0.5) is 0 Å². The zero-order valence-electron chi connectivity index (χ0n) is 12.9. The molecule has 22 heavy (non-hydrogen) atoms. The van der Waals surface area contributed by atoms with Gasteiger partial charge in [-0.1, -0.05) is 12.1 Å². The molecule has 1 saturated heterocycles. The molecule has 1 saturated carbocycles. The predicted octanol–water partition coefficient (Wildman–Crippen LogP) is 1.12. The van der Waals surface area contributed by atoms with Crippen LogP contribution in [0.2, 0.25) is 0 Å². The third kappa shape index (κ3) is 3.85. The molecule has 1 aromatic rings. The van der Waals surface area contributed by atoms with Gasteiger partial charge in [-0.2, -0.15) is 0 Å². The second kappa shape index (κ2) is 7.22. The Morgan fingerprint density at radius 1 is 1.32 bits per heavy atom. The van der Waals surface area contributed by atoms with E-state index < -0.39 is 0 Å². The van der Waals surface area contributed by atoms with E-state index in [9.17, 15) is 4.79 Å². The number of rotatable bonds is 6. The van der Waals surface area contributed by atoms with Gasteiger partial charge < -0.3 is 14.7 Å². The van der Waals surface area contributed by atoms with Gasteiger partial charge in [0.05, 0.1) is 19.8 Å². The summed E-state index contributed by atoms with van der Waals surface area (Å²) in [7, 11) is 0. The molecule has 5 nitrogen and oxygen atoms in total. The first-order valence-corrected chi connectivity index (χ1v) is 8.09. The largest absolute Gasteiger partial charge is 0.395 e. The first kappa shape index (κ1) is 15.5. The number of aliphatic hydroxyl groups is 1. The van der Waals surface area contributed by atoms with Gasteiger partial charge in [-0.3, -0.25) is 9.69 Å². The Morgan fingerprint density at radius 2 is 2.09 bits per heavy atom. The van der Waals surface area contributed by atoms with E-state index in [-0.39, 0.29) is 12.5 Å². The van der Waals surface area contributed by atoms with E-state index in [1.807, 2.05) is 23.1 Å². The number of benzene rings is 1. The maximum Gasteiger partial charge on any atom is 0.254 e. The number of hydrogen-bond donors (Lipinski definition) is 1. The summed E-state index contributed by atoms with van der Waals surface area (Å²) in [6.45, 7) is 4.75. The van der Waals surface area contributed by atoms with Crippen LogP contribution in [-0.2, 0) is 11.3 Å². The number of aliphatic hydroxyl groups excluding tert-OH is 1. The first-order chi connectivity index (χ1) is 10.8. The van der Waals surface area contributed by atoms with E-state index in [0.29, 0.717) is 12.6 Å². The van der Waals surface area contributed by atoms with E-state index in [2.05, 4.69) is 11.0 Å². The Bertz CT molecular complexity index is 510. The Morgan fingerprint density at radius 3 is 2.77 bits per heavy atom. The Balaban J connectivity index is 1.68. The maximum absolute atomic E-state index is 12.6. The van der Waals surface area contributed by atoms with Crippen molar-refractivity contribution in [3.63, 3.8) is 0 Å². The molecule has 1 aliphatic carbocycles. The number of hydrogen-bond acceptors (Lipinski definition) is 4. The van der Waals surface area contributed by atoms with Crippen LogP contribution in [0, 0.1) is 0 Å². The van der Waals surface area contributed by atoms with Crippen LogP contribution in [0.1, 0.15) is 28.8 Å². The van der Waals surface area contributed by atoms with Gasteiger partial charge >= 0.3 is 0 Å². The molecule has 3 rings (SSSR count). The summed E-state index contributed by atoms with van der Waals surface area (Å²) in [6.07, 6.45) is 2.11. The molecule has 0 unspecified atom stereocenters. The van der Waals surface area contributed by atoms with Crippen molar-refractivity contribution in [1.29, 1.82) is 0 Å². The Labute approximate surface area is 131 Å². The molecule has 1 heterocycles. The average Bonchev–Trinajstić information content (AvgIpc) is 3.38. The van der Waals surface area contributed by atoms with Crippen LogP contribution in [0.25, 0.3) is 0 Å². The molecule has 1 aliphatic heterocycles. The SMILES string of the molecule is O=C(c1cccc(CN2CCOCC2)c1)N(CCO)C1CC1. The fourth-order valence-electron chi connectivity index (χ4n) is 2.93. The van der Waals surface area contributed by atoms with Crippen LogP contribution in [-0.4, -0.2) is 66.3 Å². The van der Waals surface area contributed by atoms with Crippen molar-refractivity contribution in [1.82, 2.24) is 9.80 Å². The topological polar surface area (TPSA) is 53.0 Å². The first-order valence-electron chi connectivity index (χ1n) is 8.09. The van der Waals surface area contributed by atoms with Crippen LogP contribution >= 0.6 is 0 Å². The number of nitrogens with zero attached hydrogens (tertiary/aromatic N) is 2. The predicted molar refractivity (Wildman–Crippen MR) is 83.7 cm³/mol. The smallest absolute Gasteiger partial charge is 0.254 e. The molecule has 0 radical (unpaired) electrons. The van der Waals surface area contributed by atoms with E-state index in [0.717, 1.165) is 56.8 Å². The van der Waals surface area contributed by atoms with Gasteiger partial charge in [0.25, 0.3) is 5.91 Å². The van der Waals surface area contributed by atoms with Crippen molar-refractivity contribution < 1.29 is 14.6 Å². The summed E-state index contributed by atoms with van der Waals surface area (Å²) < 4.78 is 5.36. The highest BCUT2D eigenvalue weighted by Gasteiger charge is 2.32. The van der Waals surface area contributed by atoms with Crippen LogP contribution in [0.15, 0.2) is 24.3 Å². The molecule has 0 spiro atoms. The molecule has 2 aliphatic rings. The zero-order chi connectivity index (χ0) is 15.4. The lowest BCUT2D eigenvalue weighted by Crippen LogP contribution is -2.36. The van der Waals surface area contributed by atoms with Crippen molar-refractivity contribution in [3.8, 4) is 0 Å². The van der Waals surface area contributed by atoms with E-state index >= 15 is 0 Å². The molecule has 1 amide bonds. The number of morpholine rings is 1. The normalized spacial score (nSPS) is 19.1. The minimum atomic E-state index is 0.0235. The number of ether oxygens (including phenoxy) is 1. The standard InChI is InChI=1S/C17H24N2O3/c20-9-6-19(16-4-5-16)17(21)15-3-1-2-14(12-15)13-18-7-10-22-11-8-18/h1-3,12,16,20H,4-11,13H2. The third-order valence-corrected chi connectivity index (χ3v) is 4.27. The van der Waals surface area contributed by atoms with E-state index in [4.69, 9.17) is 9.84 Å². The van der Waals surface area contributed by atoms with Gasteiger partial charge in [0.1, 0.15) is 0 Å². The molecular formula is C17H24N2O3. The average molecular weight is 304 g/mol. The lowest BCUT2D eigenvalue weighted by molar-refractivity contribution is 0.0341. The van der Waals surface area contributed by atoms with Crippen molar-refractivity contribution >= 4 is 5.91 Å². The van der Waals surface area contributed by atoms with Crippen LogP contribution < -0.4 is 0 Å². The Kier molecular flexibility index (Phi) is 5.08. The number of carbonyl (C=O) groups excluding carboxylic acids is 1. The van der Waals surface area contributed by atoms with Crippen molar-refractivity contribution in [2.45, 2.75) is 25.4 Å². The highest BCUT2D eigenvalue weighted by molar-refractivity contribution is 5.94. The van der Waals surface area contributed by atoms with E-state index in [1.165, 1.54) is 0 Å². The van der Waals surface area contributed by atoms with Gasteiger partial charge in [0.2, 0.25) is 0 Å². The monoisotopic (exact) mass is 304 g/mol. The summed E-state index contributed by atoms with van der Waals surface area (Å²) >= 11 is 0. The molecule has 0 bridgehead atoms. The number of amides is 1.